The number of nitrogens with zero attached hydrogens (tertiary/aromatic N) is 1. The Morgan fingerprint density at radius 1 is 1.14 bits per heavy atom. The molecule has 4 nitrogen and oxygen atoms in total. The molecule has 2 rings (SSSR count). The summed E-state index contributed by atoms with van der Waals surface area (Å²) in [7, 11) is 0. The van der Waals surface area contributed by atoms with E-state index in [9.17, 15) is 9.59 Å². The maximum Gasteiger partial charge on any atom is 0.410 e. The van der Waals surface area contributed by atoms with E-state index in [1.54, 1.807) is 0 Å². The summed E-state index contributed by atoms with van der Waals surface area (Å²) in [6.45, 7) is 10.8. The van der Waals surface area contributed by atoms with Crippen molar-refractivity contribution in [1.29, 1.82) is 0 Å². The van der Waals surface area contributed by atoms with Gasteiger partial charge >= 0.3 is 6.09 Å². The van der Waals surface area contributed by atoms with E-state index in [1.165, 1.54) is 0 Å². The van der Waals surface area contributed by atoms with Gasteiger partial charge in [0.05, 0.1) is 0 Å². The Balaban J connectivity index is 2.16. The fourth-order valence-corrected chi connectivity index (χ4v) is 3.74. The Morgan fingerprint density at radius 3 is 2.41 bits per heavy atom. The van der Waals surface area contributed by atoms with Gasteiger partial charge < -0.3 is 9.64 Å². The Labute approximate surface area is 134 Å². The van der Waals surface area contributed by atoms with Gasteiger partial charge in [-0.3, -0.25) is 4.79 Å². The van der Waals surface area contributed by atoms with Crippen LogP contribution in [-0.4, -0.2) is 35.0 Å². The molecule has 0 aromatic carbocycles. The Kier molecular flexibility index (Phi) is 5.18. The molecular formula is C18H31NO3. The molecule has 0 radical (unpaired) electrons. The Bertz CT molecular complexity index is 427. The van der Waals surface area contributed by atoms with Crippen LogP contribution in [-0.2, 0) is 9.53 Å². The number of amides is 1. The Hall–Kier alpha value is -1.06. The minimum Gasteiger partial charge on any atom is -0.444 e. The fourth-order valence-electron chi connectivity index (χ4n) is 3.74. The molecule has 0 aromatic rings. The lowest BCUT2D eigenvalue weighted by Gasteiger charge is -2.44. The van der Waals surface area contributed by atoms with Gasteiger partial charge in [0.1, 0.15) is 11.4 Å². The largest absolute Gasteiger partial charge is 0.444 e. The zero-order valence-corrected chi connectivity index (χ0v) is 14.7. The summed E-state index contributed by atoms with van der Waals surface area (Å²) < 4.78 is 5.57. The van der Waals surface area contributed by atoms with Crippen molar-refractivity contribution in [2.24, 2.45) is 17.8 Å². The average Bonchev–Trinajstić information content (AvgIpc) is 2.39. The first kappa shape index (κ1) is 17.3. The SMILES string of the molecule is CC1CCC(=O)C(C2CC(C)CCN2C(=O)OC(C)(C)C)C1. The van der Waals surface area contributed by atoms with Crippen molar-refractivity contribution in [1.82, 2.24) is 4.90 Å². The summed E-state index contributed by atoms with van der Waals surface area (Å²) in [5.41, 5.74) is -0.492. The van der Waals surface area contributed by atoms with Crippen molar-refractivity contribution in [3.8, 4) is 0 Å². The highest BCUT2D eigenvalue weighted by Crippen LogP contribution is 2.36. The van der Waals surface area contributed by atoms with Crippen LogP contribution in [0.2, 0.25) is 0 Å². The van der Waals surface area contributed by atoms with E-state index in [-0.39, 0.29) is 18.1 Å². The second kappa shape index (κ2) is 6.59. The van der Waals surface area contributed by atoms with Crippen LogP contribution in [0.5, 0.6) is 0 Å². The Morgan fingerprint density at radius 2 is 1.77 bits per heavy atom. The van der Waals surface area contributed by atoms with Crippen molar-refractivity contribution in [3.63, 3.8) is 0 Å². The molecule has 2 aliphatic rings. The van der Waals surface area contributed by atoms with Crippen molar-refractivity contribution >= 4 is 11.9 Å². The fraction of sp³-hybridized carbons (Fsp3) is 0.889. The first-order chi connectivity index (χ1) is 10.2. The monoisotopic (exact) mass is 309 g/mol. The number of likely N-dealkylation sites (tertiary alicyclic amines) is 1. The van der Waals surface area contributed by atoms with Gasteiger partial charge in [0.2, 0.25) is 0 Å². The molecule has 126 valence electrons. The topological polar surface area (TPSA) is 46.6 Å². The number of carbonyl (C=O) groups excluding carboxylic acids is 2. The number of Topliss-reactive ketones (excluding diaryl/α,β-unsaturated/α-hetero) is 1. The molecule has 22 heavy (non-hydrogen) atoms. The molecule has 1 heterocycles. The minimum absolute atomic E-state index is 0.000909. The van der Waals surface area contributed by atoms with E-state index in [0.29, 0.717) is 30.6 Å². The highest BCUT2D eigenvalue weighted by Gasteiger charge is 2.41. The van der Waals surface area contributed by atoms with Crippen molar-refractivity contribution in [2.75, 3.05) is 6.54 Å². The second-order valence-corrected chi connectivity index (χ2v) is 8.32. The lowest BCUT2D eigenvalue weighted by atomic mass is 9.73. The molecule has 4 heteroatoms. The molecule has 1 aliphatic carbocycles. The quantitative estimate of drug-likeness (QED) is 0.734. The molecule has 0 N–H and O–H groups in total. The molecule has 1 amide bonds. The molecule has 4 unspecified atom stereocenters. The molecule has 1 saturated heterocycles. The summed E-state index contributed by atoms with van der Waals surface area (Å²) in [4.78, 5) is 26.8. The normalized spacial score (nSPS) is 33.7. The zero-order chi connectivity index (χ0) is 16.5. The lowest BCUT2D eigenvalue weighted by Crippen LogP contribution is -2.53. The van der Waals surface area contributed by atoms with E-state index < -0.39 is 5.60 Å². The van der Waals surface area contributed by atoms with Crippen LogP contribution in [0.25, 0.3) is 0 Å². The molecule has 0 aromatic heterocycles. The van der Waals surface area contributed by atoms with Crippen LogP contribution in [0.15, 0.2) is 0 Å². The third-order valence-electron chi connectivity index (χ3n) is 4.95. The summed E-state index contributed by atoms with van der Waals surface area (Å²) in [6.07, 6.45) is 4.22. The number of hydrogen-bond donors (Lipinski definition) is 0. The number of hydrogen-bond acceptors (Lipinski definition) is 3. The maximum atomic E-state index is 12.6. The number of carbonyl (C=O) groups is 2. The van der Waals surface area contributed by atoms with Gasteiger partial charge in [-0.25, -0.2) is 4.79 Å². The summed E-state index contributed by atoms with van der Waals surface area (Å²) in [5, 5.41) is 0. The highest BCUT2D eigenvalue weighted by molar-refractivity contribution is 5.83. The standard InChI is InChI=1S/C18H31NO3/c1-12-6-7-16(20)14(10-12)15-11-13(2)8-9-19(15)17(21)22-18(3,4)5/h12-15H,6-11H2,1-5H3. The highest BCUT2D eigenvalue weighted by atomic mass is 16.6. The minimum atomic E-state index is -0.492. The summed E-state index contributed by atoms with van der Waals surface area (Å²) >= 11 is 0. The van der Waals surface area contributed by atoms with Gasteiger partial charge in [0.15, 0.2) is 0 Å². The van der Waals surface area contributed by atoms with E-state index in [1.807, 2.05) is 25.7 Å². The van der Waals surface area contributed by atoms with Crippen LogP contribution >= 0.6 is 0 Å². The predicted octanol–water partition coefficient (Wildman–Crippen LogP) is 4.03. The van der Waals surface area contributed by atoms with Gasteiger partial charge in [-0.05, 0) is 58.3 Å². The molecular weight excluding hydrogens is 278 g/mol. The van der Waals surface area contributed by atoms with Crippen molar-refractivity contribution < 1.29 is 14.3 Å². The molecule has 2 fully saturated rings. The van der Waals surface area contributed by atoms with Crippen LogP contribution in [0.3, 0.4) is 0 Å². The number of rotatable bonds is 1. The maximum absolute atomic E-state index is 12.6. The van der Waals surface area contributed by atoms with Crippen LogP contribution in [0, 0.1) is 17.8 Å². The van der Waals surface area contributed by atoms with Crippen LogP contribution < -0.4 is 0 Å². The molecule has 1 saturated carbocycles. The van der Waals surface area contributed by atoms with Gasteiger partial charge in [-0.2, -0.15) is 0 Å². The van der Waals surface area contributed by atoms with Gasteiger partial charge in [0.25, 0.3) is 0 Å². The first-order valence-corrected chi connectivity index (χ1v) is 8.69. The molecule has 0 bridgehead atoms. The number of ether oxygens (including phenoxy) is 1. The average molecular weight is 309 g/mol. The zero-order valence-electron chi connectivity index (χ0n) is 14.7. The smallest absolute Gasteiger partial charge is 0.410 e. The third kappa shape index (κ3) is 4.23. The summed E-state index contributed by atoms with van der Waals surface area (Å²) in [5.74, 6) is 1.47. The van der Waals surface area contributed by atoms with Gasteiger partial charge in [-0.1, -0.05) is 13.8 Å². The first-order valence-electron chi connectivity index (χ1n) is 8.69. The van der Waals surface area contributed by atoms with E-state index in [4.69, 9.17) is 4.74 Å². The van der Waals surface area contributed by atoms with Crippen LogP contribution in [0.4, 0.5) is 4.79 Å². The lowest BCUT2D eigenvalue weighted by molar-refractivity contribution is -0.128. The predicted molar refractivity (Wildman–Crippen MR) is 86.6 cm³/mol. The second-order valence-electron chi connectivity index (χ2n) is 8.32. The summed E-state index contributed by atoms with van der Waals surface area (Å²) in [6, 6.07) is 0.0221. The molecule has 0 spiro atoms. The van der Waals surface area contributed by atoms with E-state index in [0.717, 1.165) is 25.7 Å². The van der Waals surface area contributed by atoms with E-state index in [2.05, 4.69) is 13.8 Å². The molecule has 1 aliphatic heterocycles. The van der Waals surface area contributed by atoms with E-state index >= 15 is 0 Å². The van der Waals surface area contributed by atoms with Crippen molar-refractivity contribution in [3.05, 3.63) is 0 Å². The van der Waals surface area contributed by atoms with Gasteiger partial charge in [0, 0.05) is 24.9 Å². The van der Waals surface area contributed by atoms with Gasteiger partial charge in [-0.15, -0.1) is 0 Å². The molecule has 4 atom stereocenters. The number of ketones is 1. The van der Waals surface area contributed by atoms with Crippen LogP contribution in [0.1, 0.15) is 66.7 Å². The van der Waals surface area contributed by atoms with Crippen molar-refractivity contribution in [2.45, 2.75) is 78.4 Å². The number of piperidine rings is 1. The third-order valence-corrected chi connectivity index (χ3v) is 4.95.